The van der Waals surface area contributed by atoms with Crippen LogP contribution in [-0.2, 0) is 29.1 Å². The fraction of sp³-hybridized carbons (Fsp3) is 0.634. The standard InChI is InChI=1S/C41H55N5O10S/c1-6-40(5,7-2)56-39(50)43-33-25(4)20-24(3)10-8-9-11-26-22-41(26,38(49)45-57(51,52)28-12-13-28)44-35(47)31-21-27(23-46(31)37(33)48)55-36-30-14-15-32-34(54-19-18-53-32)29(30)16-17-42-36/h9,11,14-17,24-28,31,33H,6-8,10,12-13,18-23H2,1-5H3,(H,43,50)(H,44,47)(H,45,49)/b11-9-/t24-,25-,26-,27-,31+,33+,41-/m1/s1. The molecule has 0 bridgehead atoms. The van der Waals surface area contributed by atoms with Crippen LogP contribution in [-0.4, -0.2) is 96.5 Å². The Morgan fingerprint density at radius 2 is 1.81 bits per heavy atom. The average molecular weight is 810 g/mol. The molecule has 0 unspecified atom stereocenters. The summed E-state index contributed by atoms with van der Waals surface area (Å²) >= 11 is 0. The molecule has 7 atom stereocenters. The first-order valence-electron chi connectivity index (χ1n) is 20.4. The fourth-order valence-electron chi connectivity index (χ4n) is 8.26. The van der Waals surface area contributed by atoms with E-state index in [0.29, 0.717) is 68.6 Å². The van der Waals surface area contributed by atoms with Gasteiger partial charge in [-0.3, -0.25) is 19.1 Å². The van der Waals surface area contributed by atoms with E-state index in [1.54, 1.807) is 18.3 Å². The van der Waals surface area contributed by atoms with Gasteiger partial charge in [0.05, 0.1) is 11.8 Å². The number of fused-ring (bicyclic) bond motifs is 5. The number of aromatic nitrogens is 1. The van der Waals surface area contributed by atoms with E-state index in [0.717, 1.165) is 11.8 Å². The van der Waals surface area contributed by atoms with E-state index >= 15 is 0 Å². The first kappa shape index (κ1) is 40.6. The maximum Gasteiger partial charge on any atom is 0.408 e. The summed E-state index contributed by atoms with van der Waals surface area (Å²) in [5.41, 5.74) is -2.26. The molecule has 1 aromatic carbocycles. The summed E-state index contributed by atoms with van der Waals surface area (Å²) in [6.07, 6.45) is 8.34. The van der Waals surface area contributed by atoms with Crippen molar-refractivity contribution in [1.29, 1.82) is 0 Å². The molecule has 0 radical (unpaired) electrons. The third kappa shape index (κ3) is 8.51. The van der Waals surface area contributed by atoms with Crippen molar-refractivity contribution in [1.82, 2.24) is 25.2 Å². The molecule has 4 amide bonds. The van der Waals surface area contributed by atoms with Crippen molar-refractivity contribution >= 4 is 44.6 Å². The minimum atomic E-state index is -3.91. The number of ether oxygens (including phenoxy) is 4. The average Bonchev–Trinajstić information content (AvgIpc) is 4.12. The Kier molecular flexibility index (Phi) is 11.4. The van der Waals surface area contributed by atoms with E-state index in [9.17, 15) is 27.6 Å². The number of pyridine rings is 1. The maximum absolute atomic E-state index is 14.9. The Hall–Kier alpha value is -4.60. The molecule has 16 heteroatoms. The summed E-state index contributed by atoms with van der Waals surface area (Å²) in [4.78, 5) is 62.8. The van der Waals surface area contributed by atoms with Crippen molar-refractivity contribution in [3.8, 4) is 17.4 Å². The van der Waals surface area contributed by atoms with E-state index in [1.807, 2.05) is 45.9 Å². The predicted octanol–water partition coefficient (Wildman–Crippen LogP) is 4.52. The first-order chi connectivity index (χ1) is 27.2. The van der Waals surface area contributed by atoms with Gasteiger partial charge in [-0.15, -0.1) is 0 Å². The van der Waals surface area contributed by atoms with Crippen molar-refractivity contribution in [3.05, 3.63) is 36.5 Å². The Bertz CT molecular complexity index is 2030. The fourth-order valence-corrected chi connectivity index (χ4v) is 9.63. The number of hydrogen-bond donors (Lipinski definition) is 3. The van der Waals surface area contributed by atoms with Gasteiger partial charge in [-0.05, 0) is 88.3 Å². The lowest BCUT2D eigenvalue weighted by molar-refractivity contribution is -0.142. The van der Waals surface area contributed by atoms with Gasteiger partial charge in [-0.1, -0.05) is 39.8 Å². The number of nitrogens with zero attached hydrogens (tertiary/aromatic N) is 2. The van der Waals surface area contributed by atoms with Gasteiger partial charge in [0.15, 0.2) is 11.5 Å². The summed E-state index contributed by atoms with van der Waals surface area (Å²) in [6, 6.07) is 3.23. The number of benzene rings is 1. The molecule has 3 N–H and O–H groups in total. The third-order valence-electron chi connectivity index (χ3n) is 12.4. The Balaban J connectivity index is 1.22. The van der Waals surface area contributed by atoms with E-state index in [4.69, 9.17) is 18.9 Å². The topological polar surface area (TPSA) is 192 Å². The monoisotopic (exact) mass is 809 g/mol. The van der Waals surface area contributed by atoms with E-state index in [2.05, 4.69) is 27.3 Å². The highest BCUT2D eigenvalue weighted by atomic mass is 32.2. The zero-order valence-electron chi connectivity index (χ0n) is 33.4. The predicted molar refractivity (Wildman–Crippen MR) is 210 cm³/mol. The molecule has 3 fully saturated rings. The van der Waals surface area contributed by atoms with Gasteiger partial charge in [-0.2, -0.15) is 0 Å². The summed E-state index contributed by atoms with van der Waals surface area (Å²) < 4.78 is 52.2. The van der Waals surface area contributed by atoms with Crippen molar-refractivity contribution in [2.45, 2.75) is 127 Å². The molecule has 310 valence electrons. The number of allylic oxidation sites excluding steroid dienone is 1. The minimum absolute atomic E-state index is 0.0322. The molecular weight excluding hydrogens is 755 g/mol. The summed E-state index contributed by atoms with van der Waals surface area (Å²) in [7, 11) is -3.91. The largest absolute Gasteiger partial charge is 0.486 e. The van der Waals surface area contributed by atoms with Gasteiger partial charge in [0, 0.05) is 29.3 Å². The number of sulfonamides is 1. The molecule has 3 aliphatic heterocycles. The maximum atomic E-state index is 14.9. The highest BCUT2D eigenvalue weighted by Gasteiger charge is 2.62. The highest BCUT2D eigenvalue weighted by Crippen LogP contribution is 2.46. The van der Waals surface area contributed by atoms with Crippen LogP contribution in [0.25, 0.3) is 10.8 Å². The second-order valence-corrected chi connectivity index (χ2v) is 18.7. The lowest BCUT2D eigenvalue weighted by atomic mass is 9.88. The normalized spacial score (nSPS) is 29.8. The van der Waals surface area contributed by atoms with Gasteiger partial charge in [-0.25, -0.2) is 18.2 Å². The van der Waals surface area contributed by atoms with Crippen LogP contribution < -0.4 is 29.6 Å². The number of carbonyl (C=O) groups is 4. The zero-order valence-corrected chi connectivity index (χ0v) is 34.2. The molecule has 7 rings (SSSR count). The van der Waals surface area contributed by atoms with Crippen LogP contribution in [0, 0.1) is 17.8 Å². The molecule has 2 aromatic rings. The summed E-state index contributed by atoms with van der Waals surface area (Å²) in [5, 5.41) is 6.54. The van der Waals surface area contributed by atoms with Gasteiger partial charge in [0.25, 0.3) is 5.91 Å². The zero-order chi connectivity index (χ0) is 40.7. The van der Waals surface area contributed by atoms with Crippen molar-refractivity contribution in [3.63, 3.8) is 0 Å². The molecule has 1 aromatic heterocycles. The van der Waals surface area contributed by atoms with Crippen LogP contribution in [0.3, 0.4) is 0 Å². The van der Waals surface area contributed by atoms with Crippen LogP contribution in [0.2, 0.25) is 0 Å². The highest BCUT2D eigenvalue weighted by molar-refractivity contribution is 7.91. The summed E-state index contributed by atoms with van der Waals surface area (Å²) in [6.45, 7) is 10.5. The third-order valence-corrected chi connectivity index (χ3v) is 14.2. The van der Waals surface area contributed by atoms with Crippen molar-refractivity contribution in [2.24, 2.45) is 17.8 Å². The van der Waals surface area contributed by atoms with Crippen LogP contribution >= 0.6 is 0 Å². The number of carbonyl (C=O) groups excluding carboxylic acids is 4. The van der Waals surface area contributed by atoms with E-state index in [-0.39, 0.29) is 37.1 Å². The quantitative estimate of drug-likeness (QED) is 0.302. The van der Waals surface area contributed by atoms with Gasteiger partial charge in [0.2, 0.25) is 27.7 Å². The molecule has 2 aliphatic carbocycles. The van der Waals surface area contributed by atoms with Crippen molar-refractivity contribution in [2.75, 3.05) is 19.8 Å². The molecule has 0 spiro atoms. The van der Waals surface area contributed by atoms with E-state index in [1.165, 1.54) is 4.90 Å². The minimum Gasteiger partial charge on any atom is -0.486 e. The van der Waals surface area contributed by atoms with Gasteiger partial charge < -0.3 is 34.5 Å². The Morgan fingerprint density at radius 1 is 1.05 bits per heavy atom. The molecule has 1 saturated heterocycles. The molecule has 2 saturated carbocycles. The molecule has 15 nitrogen and oxygen atoms in total. The Morgan fingerprint density at radius 3 is 2.54 bits per heavy atom. The van der Waals surface area contributed by atoms with Crippen molar-refractivity contribution < 1.29 is 46.5 Å². The second kappa shape index (κ2) is 16.0. The molecular formula is C41H55N5O10S. The molecule has 5 aliphatic rings. The van der Waals surface area contributed by atoms with Crippen LogP contribution in [0.5, 0.6) is 17.4 Å². The number of hydrogen-bond acceptors (Lipinski definition) is 11. The summed E-state index contributed by atoms with van der Waals surface area (Å²) in [5.74, 6) is -1.10. The van der Waals surface area contributed by atoms with Gasteiger partial charge >= 0.3 is 6.09 Å². The lowest BCUT2D eigenvalue weighted by Crippen LogP contribution is -2.59. The van der Waals surface area contributed by atoms with Gasteiger partial charge in [0.1, 0.15) is 42.5 Å². The number of rotatable bonds is 9. The van der Waals surface area contributed by atoms with Crippen LogP contribution in [0.15, 0.2) is 36.5 Å². The Labute approximate surface area is 334 Å². The number of nitrogens with one attached hydrogen (secondary N) is 3. The number of alkyl carbamates (subject to hydrolysis) is 1. The van der Waals surface area contributed by atoms with Crippen LogP contribution in [0.4, 0.5) is 4.79 Å². The second-order valence-electron chi connectivity index (χ2n) is 16.7. The molecule has 57 heavy (non-hydrogen) atoms. The van der Waals surface area contributed by atoms with E-state index < -0.39 is 74.3 Å². The number of amides is 4. The van der Waals surface area contributed by atoms with Crippen LogP contribution in [0.1, 0.15) is 92.4 Å². The SMILES string of the molecule is CCC(C)(CC)OC(=O)N[C@@H]1C(=O)N2C[C@H](Oc3nccc4c5c(ccc34)OCCO5)C[C@H]2C(=O)N[C@]2(C(=O)NS(=O)(=O)C3CC3)C[C@H]2/C=C\CC[C@@H](C)C[C@H]1C. The smallest absolute Gasteiger partial charge is 0.408 e. The molecule has 4 heterocycles. The first-order valence-corrected chi connectivity index (χ1v) is 21.9. The lowest BCUT2D eigenvalue weighted by Gasteiger charge is -2.34.